The minimum absolute atomic E-state index is 0.303. The summed E-state index contributed by atoms with van der Waals surface area (Å²) in [5.41, 5.74) is 4.11. The highest BCUT2D eigenvalue weighted by Gasteiger charge is 2.18. The molecule has 1 aromatic rings. The van der Waals surface area contributed by atoms with Crippen molar-refractivity contribution in [3.05, 3.63) is 18.0 Å². The first-order chi connectivity index (χ1) is 10.3. The van der Waals surface area contributed by atoms with Crippen molar-refractivity contribution in [3.8, 4) is 0 Å². The van der Waals surface area contributed by atoms with Crippen LogP contribution in [-0.4, -0.2) is 40.4 Å². The molecule has 1 aliphatic rings. The zero-order chi connectivity index (χ0) is 15.1. The molecule has 3 N–H and O–H groups in total. The summed E-state index contributed by atoms with van der Waals surface area (Å²) >= 11 is 0. The molecule has 5 heteroatoms. The third-order valence-electron chi connectivity index (χ3n) is 4.74. The number of nitrogens with two attached hydrogens (primary N) is 1. The lowest BCUT2D eigenvalue weighted by atomic mass is 10.1. The normalized spacial score (nSPS) is 17.7. The standard InChI is InChI=1S/C16H31N5/c1-3-20(4-2)11-9-14(18-17)13-15-10-12-21(19-15)16-7-5-6-8-16/h10,12,14,16,18H,3-9,11,13,17H2,1-2H3. The fraction of sp³-hybridized carbons (Fsp3) is 0.812. The highest BCUT2D eigenvalue weighted by Crippen LogP contribution is 2.28. The lowest BCUT2D eigenvalue weighted by Gasteiger charge is -2.21. The molecule has 1 unspecified atom stereocenters. The molecule has 1 fully saturated rings. The molecule has 5 nitrogen and oxygen atoms in total. The van der Waals surface area contributed by atoms with Crippen LogP contribution in [-0.2, 0) is 6.42 Å². The maximum Gasteiger partial charge on any atom is 0.0640 e. The molecule has 1 aliphatic carbocycles. The van der Waals surface area contributed by atoms with Crippen LogP contribution in [0.4, 0.5) is 0 Å². The van der Waals surface area contributed by atoms with Crippen molar-refractivity contribution in [1.82, 2.24) is 20.1 Å². The summed E-state index contributed by atoms with van der Waals surface area (Å²) in [6.07, 6.45) is 9.37. The average Bonchev–Trinajstić information content (AvgIpc) is 3.18. The second-order valence-electron chi connectivity index (χ2n) is 6.11. The highest BCUT2D eigenvalue weighted by atomic mass is 15.3. The number of hydrogen-bond acceptors (Lipinski definition) is 4. The van der Waals surface area contributed by atoms with Crippen LogP contribution in [0.15, 0.2) is 12.3 Å². The Balaban J connectivity index is 1.83. The molecular weight excluding hydrogens is 262 g/mol. The quantitative estimate of drug-likeness (QED) is 0.541. The highest BCUT2D eigenvalue weighted by molar-refractivity contribution is 5.02. The Morgan fingerprint density at radius 1 is 1.38 bits per heavy atom. The van der Waals surface area contributed by atoms with E-state index in [1.807, 2.05) is 0 Å². The predicted molar refractivity (Wildman–Crippen MR) is 87.0 cm³/mol. The number of nitrogens with one attached hydrogen (secondary N) is 1. The molecule has 1 heterocycles. The van der Waals surface area contributed by atoms with Gasteiger partial charge in [0.1, 0.15) is 0 Å². The minimum atomic E-state index is 0.303. The number of hydrazine groups is 1. The summed E-state index contributed by atoms with van der Waals surface area (Å²) in [6.45, 7) is 7.70. The van der Waals surface area contributed by atoms with E-state index in [2.05, 4.69) is 41.1 Å². The van der Waals surface area contributed by atoms with E-state index in [0.29, 0.717) is 12.1 Å². The molecule has 0 spiro atoms. The van der Waals surface area contributed by atoms with E-state index >= 15 is 0 Å². The lowest BCUT2D eigenvalue weighted by molar-refractivity contribution is 0.280. The van der Waals surface area contributed by atoms with Crippen molar-refractivity contribution in [2.24, 2.45) is 5.84 Å². The van der Waals surface area contributed by atoms with Gasteiger partial charge in [-0.15, -0.1) is 0 Å². The maximum absolute atomic E-state index is 5.72. The Morgan fingerprint density at radius 3 is 2.71 bits per heavy atom. The van der Waals surface area contributed by atoms with Crippen LogP contribution in [0, 0.1) is 0 Å². The number of hydrogen-bond donors (Lipinski definition) is 2. The number of nitrogens with zero attached hydrogens (tertiary/aromatic N) is 3. The van der Waals surface area contributed by atoms with E-state index in [0.717, 1.165) is 38.2 Å². The molecule has 0 aliphatic heterocycles. The van der Waals surface area contributed by atoms with Gasteiger partial charge in [0, 0.05) is 18.7 Å². The van der Waals surface area contributed by atoms with Crippen LogP contribution in [0.25, 0.3) is 0 Å². The molecule has 1 aromatic heterocycles. The van der Waals surface area contributed by atoms with Gasteiger partial charge in [0.2, 0.25) is 0 Å². The van der Waals surface area contributed by atoms with Crippen molar-refractivity contribution < 1.29 is 0 Å². The van der Waals surface area contributed by atoms with Crippen LogP contribution in [0.1, 0.15) is 57.7 Å². The van der Waals surface area contributed by atoms with Gasteiger partial charge in [0.25, 0.3) is 0 Å². The van der Waals surface area contributed by atoms with Gasteiger partial charge in [-0.05, 0) is 45.0 Å². The Morgan fingerprint density at radius 2 is 2.10 bits per heavy atom. The fourth-order valence-electron chi connectivity index (χ4n) is 3.23. The first-order valence-electron chi connectivity index (χ1n) is 8.49. The maximum atomic E-state index is 5.72. The molecule has 0 bridgehead atoms. The topological polar surface area (TPSA) is 59.1 Å². The fourth-order valence-corrected chi connectivity index (χ4v) is 3.23. The molecule has 1 atom stereocenters. The molecule has 21 heavy (non-hydrogen) atoms. The molecule has 120 valence electrons. The molecule has 1 saturated carbocycles. The van der Waals surface area contributed by atoms with Crippen molar-refractivity contribution in [2.75, 3.05) is 19.6 Å². The molecular formula is C16H31N5. The Kier molecular flexibility index (Phi) is 6.67. The van der Waals surface area contributed by atoms with Crippen LogP contribution >= 0.6 is 0 Å². The summed E-state index contributed by atoms with van der Waals surface area (Å²) in [4.78, 5) is 2.43. The summed E-state index contributed by atoms with van der Waals surface area (Å²) in [6, 6.07) is 3.08. The van der Waals surface area contributed by atoms with Crippen molar-refractivity contribution >= 4 is 0 Å². The van der Waals surface area contributed by atoms with Gasteiger partial charge in [-0.25, -0.2) is 0 Å². The van der Waals surface area contributed by atoms with Crippen molar-refractivity contribution in [1.29, 1.82) is 0 Å². The monoisotopic (exact) mass is 293 g/mol. The van der Waals surface area contributed by atoms with Crippen molar-refractivity contribution in [3.63, 3.8) is 0 Å². The molecule has 2 rings (SSSR count). The van der Waals surface area contributed by atoms with Crippen LogP contribution in [0.2, 0.25) is 0 Å². The molecule has 0 aromatic carbocycles. The second-order valence-corrected chi connectivity index (χ2v) is 6.11. The van der Waals surface area contributed by atoms with Crippen LogP contribution in [0.3, 0.4) is 0 Å². The third-order valence-corrected chi connectivity index (χ3v) is 4.74. The van der Waals surface area contributed by atoms with E-state index in [1.165, 1.54) is 25.7 Å². The Labute approximate surface area is 128 Å². The zero-order valence-corrected chi connectivity index (χ0v) is 13.6. The van der Waals surface area contributed by atoms with Gasteiger partial charge >= 0.3 is 0 Å². The Hall–Kier alpha value is -0.910. The van der Waals surface area contributed by atoms with Crippen LogP contribution < -0.4 is 11.3 Å². The first kappa shape index (κ1) is 16.5. The van der Waals surface area contributed by atoms with Gasteiger partial charge in [0.05, 0.1) is 11.7 Å². The van der Waals surface area contributed by atoms with Gasteiger partial charge in [-0.1, -0.05) is 26.7 Å². The van der Waals surface area contributed by atoms with E-state index in [9.17, 15) is 0 Å². The average molecular weight is 293 g/mol. The molecule has 0 saturated heterocycles. The molecule has 0 amide bonds. The van der Waals surface area contributed by atoms with E-state index < -0.39 is 0 Å². The van der Waals surface area contributed by atoms with E-state index in [1.54, 1.807) is 0 Å². The minimum Gasteiger partial charge on any atom is -0.304 e. The van der Waals surface area contributed by atoms with Crippen molar-refractivity contribution in [2.45, 2.75) is 64.5 Å². The number of aromatic nitrogens is 2. The number of rotatable bonds is 9. The largest absolute Gasteiger partial charge is 0.304 e. The SMILES string of the molecule is CCN(CC)CCC(Cc1ccn(C2CCCC2)n1)NN. The van der Waals surface area contributed by atoms with Gasteiger partial charge in [-0.3, -0.25) is 16.0 Å². The molecule has 0 radical (unpaired) electrons. The smallest absolute Gasteiger partial charge is 0.0640 e. The summed E-state index contributed by atoms with van der Waals surface area (Å²) < 4.78 is 2.17. The zero-order valence-electron chi connectivity index (χ0n) is 13.6. The predicted octanol–water partition coefficient (Wildman–Crippen LogP) is 2.10. The van der Waals surface area contributed by atoms with Gasteiger partial charge < -0.3 is 4.90 Å². The third kappa shape index (κ3) is 4.80. The second kappa shape index (κ2) is 8.51. The van der Waals surface area contributed by atoms with Gasteiger partial charge in [0.15, 0.2) is 0 Å². The lowest BCUT2D eigenvalue weighted by Crippen LogP contribution is -2.40. The van der Waals surface area contributed by atoms with E-state index in [-0.39, 0.29) is 0 Å². The van der Waals surface area contributed by atoms with Gasteiger partial charge in [-0.2, -0.15) is 5.10 Å². The first-order valence-corrected chi connectivity index (χ1v) is 8.49. The van der Waals surface area contributed by atoms with Crippen LogP contribution in [0.5, 0.6) is 0 Å². The van der Waals surface area contributed by atoms with E-state index in [4.69, 9.17) is 10.9 Å². The Bertz CT molecular complexity index is 393. The summed E-state index contributed by atoms with van der Waals surface area (Å²) in [5, 5.41) is 4.75. The summed E-state index contributed by atoms with van der Waals surface area (Å²) in [5.74, 6) is 5.72. The summed E-state index contributed by atoms with van der Waals surface area (Å²) in [7, 11) is 0.